The molecule has 1 nitrogen and oxygen atoms in total. The molecule has 1 atom stereocenters. The van der Waals surface area contributed by atoms with E-state index < -0.39 is 8.32 Å². The number of hydrogen-bond donors (Lipinski definition) is 0. The van der Waals surface area contributed by atoms with Gasteiger partial charge in [0.1, 0.15) is 0 Å². The Balaban J connectivity index is 2.15. The summed E-state index contributed by atoms with van der Waals surface area (Å²) in [6.07, 6.45) is 15.3. The average molecular weight is 280 g/mol. The smallest absolute Gasteiger partial charge is 0.192 e. The van der Waals surface area contributed by atoms with Crippen LogP contribution in [0.15, 0.2) is 6.08 Å². The fourth-order valence-corrected chi connectivity index (χ4v) is 4.70. The molecule has 1 unspecified atom stereocenters. The Morgan fingerprint density at radius 3 is 2.37 bits per heavy atom. The molecule has 0 aromatic heterocycles. The van der Waals surface area contributed by atoms with Crippen molar-refractivity contribution in [2.24, 2.45) is 5.41 Å². The van der Waals surface area contributed by atoms with E-state index in [1.54, 1.807) is 0 Å². The molecule has 109 valence electrons. The molecule has 2 rings (SSSR count). The molecule has 0 bridgehead atoms. The van der Waals surface area contributed by atoms with Gasteiger partial charge in [0, 0.05) is 0 Å². The number of allylic oxidation sites excluding steroid dienone is 1. The Labute approximate surface area is 120 Å². The van der Waals surface area contributed by atoms with E-state index in [1.165, 1.54) is 32.1 Å². The van der Waals surface area contributed by atoms with Gasteiger partial charge >= 0.3 is 0 Å². The van der Waals surface area contributed by atoms with Crippen molar-refractivity contribution in [2.45, 2.75) is 90.0 Å². The highest BCUT2D eigenvalue weighted by Crippen LogP contribution is 2.49. The fourth-order valence-electron chi connectivity index (χ4n) is 3.29. The molecule has 1 saturated carbocycles. The van der Waals surface area contributed by atoms with Crippen molar-refractivity contribution in [3.05, 3.63) is 12.2 Å². The second kappa shape index (κ2) is 5.36. The van der Waals surface area contributed by atoms with Crippen LogP contribution in [0.25, 0.3) is 0 Å². The topological polar surface area (TPSA) is 9.23 Å². The van der Waals surface area contributed by atoms with Crippen LogP contribution in [0.3, 0.4) is 0 Å². The van der Waals surface area contributed by atoms with Crippen LogP contribution in [0.2, 0.25) is 18.1 Å². The van der Waals surface area contributed by atoms with Crippen LogP contribution in [0, 0.1) is 11.5 Å². The van der Waals surface area contributed by atoms with Crippen molar-refractivity contribution in [3.63, 3.8) is 0 Å². The Kier molecular flexibility index (Phi) is 4.32. The Hall–Kier alpha value is -0.0831. The standard InChI is InChI=1S/C17H31OSi/c1-16(2,3)19(4,5)18-15-11-7-10-14-17(15)12-8-6-9-13-17/h7,15H,6,8-9,11-14H2,1-5H3. The van der Waals surface area contributed by atoms with Gasteiger partial charge in [-0.2, -0.15) is 0 Å². The van der Waals surface area contributed by atoms with Gasteiger partial charge in [-0.05, 0) is 55.3 Å². The van der Waals surface area contributed by atoms with Crippen LogP contribution in [0.5, 0.6) is 0 Å². The molecular weight excluding hydrogens is 248 g/mol. The average Bonchev–Trinajstić information content (AvgIpc) is 2.32. The fraction of sp³-hybridized carbons (Fsp3) is 0.882. The van der Waals surface area contributed by atoms with Crippen molar-refractivity contribution < 1.29 is 4.43 Å². The van der Waals surface area contributed by atoms with Crippen LogP contribution in [0.4, 0.5) is 0 Å². The Morgan fingerprint density at radius 2 is 1.79 bits per heavy atom. The molecule has 1 spiro atoms. The van der Waals surface area contributed by atoms with E-state index in [0.717, 1.165) is 12.8 Å². The van der Waals surface area contributed by atoms with Gasteiger partial charge in [0.15, 0.2) is 8.32 Å². The van der Waals surface area contributed by atoms with Crippen LogP contribution in [-0.2, 0) is 4.43 Å². The maximum absolute atomic E-state index is 6.80. The van der Waals surface area contributed by atoms with E-state index in [1.807, 2.05) is 0 Å². The van der Waals surface area contributed by atoms with Crippen molar-refractivity contribution in [2.75, 3.05) is 0 Å². The summed E-state index contributed by atoms with van der Waals surface area (Å²) < 4.78 is 6.80. The molecule has 0 heterocycles. The highest BCUT2D eigenvalue weighted by Gasteiger charge is 2.46. The lowest BCUT2D eigenvalue weighted by Gasteiger charge is -2.49. The van der Waals surface area contributed by atoms with Crippen molar-refractivity contribution in [3.8, 4) is 0 Å². The summed E-state index contributed by atoms with van der Waals surface area (Å²) in [6, 6.07) is 0. The van der Waals surface area contributed by atoms with Gasteiger partial charge in [-0.15, -0.1) is 0 Å². The third kappa shape index (κ3) is 3.16. The Morgan fingerprint density at radius 1 is 1.16 bits per heavy atom. The first kappa shape index (κ1) is 15.3. The van der Waals surface area contributed by atoms with Gasteiger partial charge in [-0.25, -0.2) is 0 Å². The maximum Gasteiger partial charge on any atom is 0.192 e. The van der Waals surface area contributed by atoms with Crippen molar-refractivity contribution in [1.82, 2.24) is 0 Å². The molecule has 2 heteroatoms. The molecule has 0 saturated heterocycles. The van der Waals surface area contributed by atoms with Gasteiger partial charge < -0.3 is 4.43 Å². The second-order valence-corrected chi connectivity index (χ2v) is 12.9. The zero-order valence-corrected chi connectivity index (χ0v) is 14.5. The van der Waals surface area contributed by atoms with Crippen LogP contribution in [-0.4, -0.2) is 14.4 Å². The summed E-state index contributed by atoms with van der Waals surface area (Å²) in [4.78, 5) is 0. The molecule has 0 aromatic rings. The van der Waals surface area contributed by atoms with E-state index in [2.05, 4.69) is 46.0 Å². The van der Waals surface area contributed by atoms with Crippen molar-refractivity contribution >= 4 is 8.32 Å². The molecule has 0 N–H and O–H groups in total. The normalized spacial score (nSPS) is 27.7. The molecule has 0 aromatic carbocycles. The lowest BCUT2D eigenvalue weighted by molar-refractivity contribution is 0.00180. The Bertz CT molecular complexity index is 332. The van der Waals surface area contributed by atoms with Gasteiger partial charge in [0.2, 0.25) is 0 Å². The minimum Gasteiger partial charge on any atom is -0.413 e. The summed E-state index contributed by atoms with van der Waals surface area (Å²) in [5.41, 5.74) is 0.419. The second-order valence-electron chi connectivity index (χ2n) is 8.11. The molecule has 0 amide bonds. The van der Waals surface area contributed by atoms with E-state index in [9.17, 15) is 0 Å². The molecule has 1 fully saturated rings. The summed E-state index contributed by atoms with van der Waals surface area (Å²) in [6.45, 7) is 11.8. The summed E-state index contributed by atoms with van der Waals surface area (Å²) in [7, 11) is -1.65. The van der Waals surface area contributed by atoms with Gasteiger partial charge in [0.25, 0.3) is 0 Å². The highest BCUT2D eigenvalue weighted by molar-refractivity contribution is 6.74. The van der Waals surface area contributed by atoms with Crippen molar-refractivity contribution in [1.29, 1.82) is 0 Å². The van der Waals surface area contributed by atoms with Gasteiger partial charge in [-0.3, -0.25) is 0 Å². The summed E-state index contributed by atoms with van der Waals surface area (Å²) in [5.74, 6) is 0. The first-order chi connectivity index (χ1) is 8.77. The zero-order valence-electron chi connectivity index (χ0n) is 13.5. The summed E-state index contributed by atoms with van der Waals surface area (Å²) >= 11 is 0. The quantitative estimate of drug-likeness (QED) is 0.608. The zero-order chi connectivity index (χ0) is 14.1. The van der Waals surface area contributed by atoms with Crippen LogP contribution >= 0.6 is 0 Å². The third-order valence-corrected chi connectivity index (χ3v) is 10.2. The minimum absolute atomic E-state index is 0.313. The van der Waals surface area contributed by atoms with E-state index in [0.29, 0.717) is 16.6 Å². The largest absolute Gasteiger partial charge is 0.413 e. The first-order valence-corrected chi connectivity index (χ1v) is 10.9. The number of rotatable bonds is 2. The van der Waals surface area contributed by atoms with E-state index in [-0.39, 0.29) is 0 Å². The predicted molar refractivity (Wildman–Crippen MR) is 84.6 cm³/mol. The molecule has 19 heavy (non-hydrogen) atoms. The summed E-state index contributed by atoms with van der Waals surface area (Å²) in [5, 5.41) is 0.313. The minimum atomic E-state index is -1.65. The first-order valence-electron chi connectivity index (χ1n) is 8.00. The van der Waals surface area contributed by atoms with E-state index in [4.69, 9.17) is 4.43 Å². The van der Waals surface area contributed by atoms with Crippen LogP contribution in [0.1, 0.15) is 65.7 Å². The third-order valence-electron chi connectivity index (χ3n) is 5.71. The molecule has 0 aliphatic heterocycles. The lowest BCUT2D eigenvalue weighted by Crippen LogP contribution is -2.50. The molecule has 2 aliphatic rings. The van der Waals surface area contributed by atoms with Crippen LogP contribution < -0.4 is 0 Å². The molecule has 1 radical (unpaired) electrons. The number of hydrogen-bond acceptors (Lipinski definition) is 1. The lowest BCUT2D eigenvalue weighted by atomic mass is 9.65. The predicted octanol–water partition coefficient (Wildman–Crippen LogP) is 5.48. The van der Waals surface area contributed by atoms with Gasteiger partial charge in [-0.1, -0.05) is 46.1 Å². The monoisotopic (exact) mass is 279 g/mol. The molecular formula is C17H31OSi. The van der Waals surface area contributed by atoms with E-state index >= 15 is 0 Å². The van der Waals surface area contributed by atoms with Gasteiger partial charge in [0.05, 0.1) is 6.10 Å². The molecule has 2 aliphatic carbocycles. The SMILES string of the molecule is CC(C)(C)[Si](C)(C)OC1CC=[C]CC12CCCCC2. The highest BCUT2D eigenvalue weighted by atomic mass is 28.4. The maximum atomic E-state index is 6.80.